The lowest BCUT2D eigenvalue weighted by Gasteiger charge is -1.93. The van der Waals surface area contributed by atoms with Gasteiger partial charge in [0.15, 0.2) is 0 Å². The minimum atomic E-state index is 1.02. The topological polar surface area (TPSA) is 0 Å². The van der Waals surface area contributed by atoms with E-state index in [1.807, 2.05) is 12.2 Å². The lowest BCUT2D eigenvalue weighted by atomic mass is 10.1. The first-order valence-electron chi connectivity index (χ1n) is 4.63. The monoisotopic (exact) mass is 172 g/mol. The molecule has 13 heavy (non-hydrogen) atoms. The first-order chi connectivity index (χ1) is 6.29. The third-order valence-corrected chi connectivity index (χ3v) is 1.93. The molecule has 0 saturated carbocycles. The Hall–Kier alpha value is -1.30. The van der Waals surface area contributed by atoms with Crippen molar-refractivity contribution < 1.29 is 0 Å². The largest absolute Gasteiger partial charge is 0.0918 e. The van der Waals surface area contributed by atoms with Crippen molar-refractivity contribution in [3.05, 3.63) is 60.3 Å². The van der Waals surface area contributed by atoms with Crippen LogP contribution in [0.3, 0.4) is 0 Å². The maximum Gasteiger partial charge on any atom is -0.0138 e. The van der Waals surface area contributed by atoms with Crippen LogP contribution in [0.15, 0.2) is 60.3 Å². The van der Waals surface area contributed by atoms with E-state index in [0.29, 0.717) is 0 Å². The van der Waals surface area contributed by atoms with Gasteiger partial charge in [-0.2, -0.15) is 0 Å². The third-order valence-electron chi connectivity index (χ3n) is 1.93. The van der Waals surface area contributed by atoms with Crippen LogP contribution in [0, 0.1) is 0 Å². The Morgan fingerprint density at radius 1 is 1.15 bits per heavy atom. The second-order valence-corrected chi connectivity index (χ2v) is 3.25. The zero-order valence-corrected chi connectivity index (χ0v) is 8.16. The second-order valence-electron chi connectivity index (χ2n) is 3.25. The van der Waals surface area contributed by atoms with E-state index in [-0.39, 0.29) is 0 Å². The highest BCUT2D eigenvalue weighted by Crippen LogP contribution is 2.06. The molecule has 68 valence electrons. The predicted octanol–water partition coefficient (Wildman–Crippen LogP) is 3.95. The summed E-state index contributed by atoms with van der Waals surface area (Å²) >= 11 is 0. The molecule has 0 aromatic carbocycles. The van der Waals surface area contributed by atoms with Gasteiger partial charge in [0.1, 0.15) is 0 Å². The first-order valence-corrected chi connectivity index (χ1v) is 4.63. The van der Waals surface area contributed by atoms with Crippen LogP contribution in [0.1, 0.15) is 19.8 Å². The maximum absolute atomic E-state index is 3.92. The van der Waals surface area contributed by atoms with Crippen molar-refractivity contribution in [3.63, 3.8) is 0 Å². The van der Waals surface area contributed by atoms with Crippen LogP contribution in [-0.4, -0.2) is 0 Å². The molecule has 0 unspecified atom stereocenters. The summed E-state index contributed by atoms with van der Waals surface area (Å²) in [6.07, 6.45) is 16.8. The average Bonchev–Trinajstić information content (AvgIpc) is 2.13. The van der Waals surface area contributed by atoms with Gasteiger partial charge in [0.25, 0.3) is 0 Å². The number of rotatable bonds is 0. The molecule has 0 fully saturated rings. The van der Waals surface area contributed by atoms with Gasteiger partial charge in [0.2, 0.25) is 0 Å². The molecule has 1 rings (SSSR count). The fourth-order valence-corrected chi connectivity index (χ4v) is 1.14. The van der Waals surface area contributed by atoms with E-state index in [1.54, 1.807) is 0 Å². The summed E-state index contributed by atoms with van der Waals surface area (Å²) in [6.45, 7) is 6.08. The Labute approximate surface area is 80.7 Å². The van der Waals surface area contributed by atoms with Gasteiger partial charge in [-0.3, -0.25) is 0 Å². The van der Waals surface area contributed by atoms with Gasteiger partial charge in [-0.25, -0.2) is 0 Å². The molecular weight excluding hydrogens is 156 g/mol. The number of hydrogen-bond acceptors (Lipinski definition) is 0. The fraction of sp³-hybridized carbons (Fsp3) is 0.231. The average molecular weight is 172 g/mol. The highest BCUT2D eigenvalue weighted by atomic mass is 13.9. The molecule has 0 heterocycles. The highest BCUT2D eigenvalue weighted by molar-refractivity contribution is 5.30. The molecule has 0 aliphatic heterocycles. The highest BCUT2D eigenvalue weighted by Gasteiger charge is 1.86. The lowest BCUT2D eigenvalue weighted by Crippen LogP contribution is -1.73. The lowest BCUT2D eigenvalue weighted by molar-refractivity contribution is 1.17. The van der Waals surface area contributed by atoms with Crippen molar-refractivity contribution in [3.8, 4) is 0 Å². The SMILES string of the molecule is C=C1/C=C\C=C/C/C=C(/C)C/C=C\1. The summed E-state index contributed by atoms with van der Waals surface area (Å²) in [5.41, 5.74) is 2.47. The molecule has 0 N–H and O–H groups in total. The van der Waals surface area contributed by atoms with E-state index >= 15 is 0 Å². The molecule has 0 saturated heterocycles. The number of allylic oxidation sites excluding steroid dienone is 9. The molecule has 0 amide bonds. The Bertz CT molecular complexity index is 285. The molecular formula is C13H16. The zero-order valence-electron chi connectivity index (χ0n) is 8.16. The van der Waals surface area contributed by atoms with Gasteiger partial charge in [-0.05, 0) is 25.3 Å². The van der Waals surface area contributed by atoms with Crippen LogP contribution < -0.4 is 0 Å². The summed E-state index contributed by atoms with van der Waals surface area (Å²) < 4.78 is 0. The standard InChI is InChI=1S/C13H16/c1-12-8-5-3-4-6-9-13(2)11-7-10-12/h3-5,7-10H,1,6,11H2,2H3/b4-3-,8-5-,10-7-,13-9-. The molecule has 1 aliphatic rings. The molecule has 0 bridgehead atoms. The van der Waals surface area contributed by atoms with Crippen molar-refractivity contribution >= 4 is 0 Å². The van der Waals surface area contributed by atoms with Gasteiger partial charge in [-0.1, -0.05) is 54.7 Å². The van der Waals surface area contributed by atoms with Crippen molar-refractivity contribution in [2.24, 2.45) is 0 Å². The van der Waals surface area contributed by atoms with Gasteiger partial charge in [0, 0.05) is 0 Å². The van der Waals surface area contributed by atoms with E-state index in [0.717, 1.165) is 18.4 Å². The van der Waals surface area contributed by atoms with Crippen molar-refractivity contribution in [2.45, 2.75) is 19.8 Å². The van der Waals surface area contributed by atoms with Crippen LogP contribution in [0.4, 0.5) is 0 Å². The van der Waals surface area contributed by atoms with E-state index in [2.05, 4.69) is 43.9 Å². The van der Waals surface area contributed by atoms with Crippen LogP contribution in [0.5, 0.6) is 0 Å². The summed E-state index contributed by atoms with van der Waals surface area (Å²) in [5.74, 6) is 0. The molecule has 0 atom stereocenters. The van der Waals surface area contributed by atoms with Crippen LogP contribution in [0.25, 0.3) is 0 Å². The minimum Gasteiger partial charge on any atom is -0.0918 e. The number of hydrogen-bond donors (Lipinski definition) is 0. The molecule has 1 aliphatic carbocycles. The Morgan fingerprint density at radius 2 is 2.00 bits per heavy atom. The van der Waals surface area contributed by atoms with Gasteiger partial charge >= 0.3 is 0 Å². The molecule has 0 nitrogen and oxygen atoms in total. The van der Waals surface area contributed by atoms with Crippen LogP contribution in [-0.2, 0) is 0 Å². The zero-order chi connectivity index (χ0) is 9.52. The van der Waals surface area contributed by atoms with Gasteiger partial charge < -0.3 is 0 Å². The molecule has 0 radical (unpaired) electrons. The van der Waals surface area contributed by atoms with Crippen LogP contribution >= 0.6 is 0 Å². The normalized spacial score (nSPS) is 29.6. The predicted molar refractivity (Wildman–Crippen MR) is 59.6 cm³/mol. The van der Waals surface area contributed by atoms with E-state index in [4.69, 9.17) is 0 Å². The van der Waals surface area contributed by atoms with Crippen LogP contribution in [0.2, 0.25) is 0 Å². The van der Waals surface area contributed by atoms with Gasteiger partial charge in [-0.15, -0.1) is 0 Å². The minimum absolute atomic E-state index is 1.02. The Kier molecular flexibility index (Phi) is 4.04. The van der Waals surface area contributed by atoms with E-state index in [9.17, 15) is 0 Å². The third kappa shape index (κ3) is 4.32. The van der Waals surface area contributed by atoms with Gasteiger partial charge in [0.05, 0.1) is 0 Å². The fourth-order valence-electron chi connectivity index (χ4n) is 1.14. The second kappa shape index (κ2) is 5.36. The van der Waals surface area contributed by atoms with Crippen molar-refractivity contribution in [1.29, 1.82) is 0 Å². The summed E-state index contributed by atoms with van der Waals surface area (Å²) in [5, 5.41) is 0. The van der Waals surface area contributed by atoms with Crippen molar-refractivity contribution in [1.82, 2.24) is 0 Å². The summed E-state index contributed by atoms with van der Waals surface area (Å²) in [4.78, 5) is 0. The molecule has 0 heteroatoms. The van der Waals surface area contributed by atoms with E-state index < -0.39 is 0 Å². The summed E-state index contributed by atoms with van der Waals surface area (Å²) in [6, 6.07) is 0. The molecule has 0 aromatic heterocycles. The molecule has 0 spiro atoms. The Balaban J connectivity index is 2.73. The maximum atomic E-state index is 3.92. The quantitative estimate of drug-likeness (QED) is 0.485. The smallest absolute Gasteiger partial charge is 0.0138 e. The first kappa shape index (κ1) is 9.79. The Morgan fingerprint density at radius 3 is 2.85 bits per heavy atom. The van der Waals surface area contributed by atoms with Crippen molar-refractivity contribution in [2.75, 3.05) is 0 Å². The summed E-state index contributed by atoms with van der Waals surface area (Å²) in [7, 11) is 0. The molecule has 0 aromatic rings. The van der Waals surface area contributed by atoms with E-state index in [1.165, 1.54) is 5.57 Å².